The molecule has 2 amide bonds. The van der Waals surface area contributed by atoms with E-state index in [1.807, 2.05) is 31.2 Å². The summed E-state index contributed by atoms with van der Waals surface area (Å²) < 4.78 is 0. The van der Waals surface area contributed by atoms with Crippen LogP contribution in [0.3, 0.4) is 0 Å². The highest BCUT2D eigenvalue weighted by atomic mass is 16.3. The molecular formula is C18H20N2O3. The Balaban J connectivity index is 1.84. The Morgan fingerprint density at radius 2 is 1.65 bits per heavy atom. The maximum absolute atomic E-state index is 11.8. The van der Waals surface area contributed by atoms with Crippen LogP contribution in [0.25, 0.3) is 0 Å². The molecule has 0 heterocycles. The lowest BCUT2D eigenvalue weighted by molar-refractivity contribution is 0.101. The summed E-state index contributed by atoms with van der Waals surface area (Å²) in [5.41, 5.74) is 3.03. The first-order chi connectivity index (χ1) is 11.0. The quantitative estimate of drug-likeness (QED) is 0.743. The van der Waals surface area contributed by atoms with Crippen LogP contribution in [-0.2, 0) is 0 Å². The van der Waals surface area contributed by atoms with Gasteiger partial charge in [0.25, 0.3) is 0 Å². The SMILES string of the molecule is CC(=O)c1ccc(NC(=O)NC[C@@H](O)c2ccc(C)cc2)cc1. The Labute approximate surface area is 135 Å². The fourth-order valence-corrected chi connectivity index (χ4v) is 2.06. The van der Waals surface area contributed by atoms with Crippen molar-refractivity contribution in [1.82, 2.24) is 5.32 Å². The molecule has 0 saturated heterocycles. The summed E-state index contributed by atoms with van der Waals surface area (Å²) in [5, 5.41) is 15.3. The first kappa shape index (κ1) is 16.7. The highest BCUT2D eigenvalue weighted by molar-refractivity contribution is 5.95. The summed E-state index contributed by atoms with van der Waals surface area (Å²) in [6, 6.07) is 13.7. The largest absolute Gasteiger partial charge is 0.387 e. The van der Waals surface area contributed by atoms with Gasteiger partial charge in [0.2, 0.25) is 0 Å². The molecule has 1 atom stereocenters. The summed E-state index contributed by atoms with van der Waals surface area (Å²) >= 11 is 0. The van der Waals surface area contributed by atoms with Crippen LogP contribution < -0.4 is 10.6 Å². The zero-order valence-electron chi connectivity index (χ0n) is 13.2. The molecular weight excluding hydrogens is 292 g/mol. The van der Waals surface area contributed by atoms with Gasteiger partial charge in [-0.05, 0) is 43.7 Å². The number of carbonyl (C=O) groups is 2. The van der Waals surface area contributed by atoms with Crippen molar-refractivity contribution in [3.05, 3.63) is 65.2 Å². The molecule has 120 valence electrons. The minimum absolute atomic E-state index is 0.0257. The van der Waals surface area contributed by atoms with Gasteiger partial charge in [0.1, 0.15) is 0 Å². The van der Waals surface area contributed by atoms with E-state index in [-0.39, 0.29) is 12.3 Å². The van der Waals surface area contributed by atoms with Crippen LogP contribution in [0.4, 0.5) is 10.5 Å². The van der Waals surface area contributed by atoms with Gasteiger partial charge in [-0.3, -0.25) is 4.79 Å². The summed E-state index contributed by atoms with van der Waals surface area (Å²) in [5.74, 6) is -0.0257. The number of amides is 2. The molecule has 23 heavy (non-hydrogen) atoms. The number of nitrogens with one attached hydrogen (secondary N) is 2. The van der Waals surface area contributed by atoms with Gasteiger partial charge >= 0.3 is 6.03 Å². The predicted molar refractivity (Wildman–Crippen MR) is 89.6 cm³/mol. The Bertz CT molecular complexity index is 678. The monoisotopic (exact) mass is 312 g/mol. The molecule has 5 heteroatoms. The minimum Gasteiger partial charge on any atom is -0.387 e. The number of aliphatic hydroxyl groups excluding tert-OH is 1. The van der Waals surface area contributed by atoms with Crippen LogP contribution in [0.5, 0.6) is 0 Å². The topological polar surface area (TPSA) is 78.4 Å². The molecule has 2 aromatic rings. The number of ketones is 1. The molecule has 0 fully saturated rings. The average Bonchev–Trinajstić information content (AvgIpc) is 2.54. The molecule has 2 rings (SSSR count). The number of Topliss-reactive ketones (excluding diaryl/α,β-unsaturated/α-hetero) is 1. The lowest BCUT2D eigenvalue weighted by Crippen LogP contribution is -2.32. The molecule has 0 unspecified atom stereocenters. The molecule has 0 aliphatic carbocycles. The van der Waals surface area contributed by atoms with Crippen LogP contribution in [0, 0.1) is 6.92 Å². The fraction of sp³-hybridized carbons (Fsp3) is 0.222. The van der Waals surface area contributed by atoms with Crippen molar-refractivity contribution in [2.45, 2.75) is 20.0 Å². The van der Waals surface area contributed by atoms with Crippen molar-refractivity contribution in [2.75, 3.05) is 11.9 Å². The van der Waals surface area contributed by atoms with Crippen molar-refractivity contribution in [3.8, 4) is 0 Å². The number of benzene rings is 2. The van der Waals surface area contributed by atoms with Crippen molar-refractivity contribution in [2.24, 2.45) is 0 Å². The third-order valence-electron chi connectivity index (χ3n) is 3.47. The van der Waals surface area contributed by atoms with Crippen molar-refractivity contribution in [3.63, 3.8) is 0 Å². The molecule has 0 radical (unpaired) electrons. The van der Waals surface area contributed by atoms with Crippen LogP contribution in [-0.4, -0.2) is 23.5 Å². The minimum atomic E-state index is -0.763. The molecule has 3 N–H and O–H groups in total. The van der Waals surface area contributed by atoms with Gasteiger partial charge in [-0.2, -0.15) is 0 Å². The van der Waals surface area contributed by atoms with Crippen molar-refractivity contribution in [1.29, 1.82) is 0 Å². The van der Waals surface area contributed by atoms with Gasteiger partial charge in [0.15, 0.2) is 5.78 Å². The van der Waals surface area contributed by atoms with E-state index in [0.29, 0.717) is 11.3 Å². The van der Waals surface area contributed by atoms with E-state index < -0.39 is 12.1 Å². The van der Waals surface area contributed by atoms with Crippen molar-refractivity contribution >= 4 is 17.5 Å². The number of urea groups is 1. The number of carbonyl (C=O) groups excluding carboxylic acids is 2. The van der Waals surface area contributed by atoms with Gasteiger partial charge in [-0.15, -0.1) is 0 Å². The summed E-state index contributed by atoms with van der Waals surface area (Å²) in [7, 11) is 0. The standard InChI is InChI=1S/C18H20N2O3/c1-12-3-5-15(6-4-12)17(22)11-19-18(23)20-16-9-7-14(8-10-16)13(2)21/h3-10,17,22H,11H2,1-2H3,(H2,19,20,23)/t17-/m1/s1. The number of aryl methyl sites for hydroxylation is 1. The first-order valence-electron chi connectivity index (χ1n) is 7.36. The van der Waals surface area contributed by atoms with E-state index in [1.54, 1.807) is 24.3 Å². The summed E-state index contributed by atoms with van der Waals surface area (Å²) in [4.78, 5) is 23.0. The molecule has 0 saturated carbocycles. The predicted octanol–water partition coefficient (Wildman–Crippen LogP) is 3.05. The second-order valence-corrected chi connectivity index (χ2v) is 5.40. The average molecular weight is 312 g/mol. The van der Waals surface area contributed by atoms with Crippen LogP contribution in [0.15, 0.2) is 48.5 Å². The van der Waals surface area contributed by atoms with Gasteiger partial charge < -0.3 is 15.7 Å². The summed E-state index contributed by atoms with van der Waals surface area (Å²) in [6.45, 7) is 3.57. The zero-order valence-corrected chi connectivity index (χ0v) is 13.2. The third-order valence-corrected chi connectivity index (χ3v) is 3.47. The highest BCUT2D eigenvalue weighted by Gasteiger charge is 2.09. The van der Waals surface area contributed by atoms with E-state index in [4.69, 9.17) is 0 Å². The second kappa shape index (κ2) is 7.56. The molecule has 0 bridgehead atoms. The summed E-state index contributed by atoms with van der Waals surface area (Å²) in [6.07, 6.45) is -0.763. The van der Waals surface area contributed by atoms with E-state index >= 15 is 0 Å². The maximum Gasteiger partial charge on any atom is 0.319 e. The lowest BCUT2D eigenvalue weighted by Gasteiger charge is -2.13. The highest BCUT2D eigenvalue weighted by Crippen LogP contribution is 2.13. The van der Waals surface area contributed by atoms with Gasteiger partial charge in [0.05, 0.1) is 6.10 Å². The fourth-order valence-electron chi connectivity index (χ4n) is 2.06. The van der Waals surface area contributed by atoms with E-state index in [1.165, 1.54) is 6.92 Å². The molecule has 0 aliphatic rings. The van der Waals surface area contributed by atoms with Gasteiger partial charge in [0, 0.05) is 17.8 Å². The second-order valence-electron chi connectivity index (χ2n) is 5.40. The molecule has 0 aromatic heterocycles. The third kappa shape index (κ3) is 4.93. The van der Waals surface area contributed by atoms with Gasteiger partial charge in [-0.1, -0.05) is 29.8 Å². The molecule has 0 spiro atoms. The normalized spacial score (nSPS) is 11.6. The molecule has 0 aliphatic heterocycles. The van der Waals surface area contributed by atoms with Crippen LogP contribution >= 0.6 is 0 Å². The number of aliphatic hydroxyl groups is 1. The zero-order chi connectivity index (χ0) is 16.8. The lowest BCUT2D eigenvalue weighted by atomic mass is 10.1. The number of hydrogen-bond acceptors (Lipinski definition) is 3. The van der Waals surface area contributed by atoms with E-state index in [9.17, 15) is 14.7 Å². The Kier molecular flexibility index (Phi) is 5.49. The number of anilines is 1. The number of hydrogen-bond donors (Lipinski definition) is 3. The smallest absolute Gasteiger partial charge is 0.319 e. The van der Waals surface area contributed by atoms with Crippen LogP contribution in [0.2, 0.25) is 0 Å². The Morgan fingerprint density at radius 1 is 1.04 bits per heavy atom. The van der Waals surface area contributed by atoms with E-state index in [2.05, 4.69) is 10.6 Å². The number of rotatable bonds is 5. The molecule has 2 aromatic carbocycles. The maximum atomic E-state index is 11.8. The Hall–Kier alpha value is -2.66. The first-order valence-corrected chi connectivity index (χ1v) is 7.36. The van der Waals surface area contributed by atoms with E-state index in [0.717, 1.165) is 11.1 Å². The Morgan fingerprint density at radius 3 is 2.22 bits per heavy atom. The van der Waals surface area contributed by atoms with Crippen molar-refractivity contribution < 1.29 is 14.7 Å². The van der Waals surface area contributed by atoms with Crippen LogP contribution in [0.1, 0.15) is 34.5 Å². The van der Waals surface area contributed by atoms with Gasteiger partial charge in [-0.25, -0.2) is 4.79 Å². The molecule has 5 nitrogen and oxygen atoms in total.